The van der Waals surface area contributed by atoms with Crippen molar-refractivity contribution in [3.05, 3.63) is 59.4 Å². The molecule has 2 nitrogen and oxygen atoms in total. The molecule has 0 amide bonds. The third-order valence-electron chi connectivity index (χ3n) is 2.88. The average Bonchev–Trinajstić information content (AvgIpc) is 2.76. The summed E-state index contributed by atoms with van der Waals surface area (Å²) in [5.41, 5.74) is 3.21. The van der Waals surface area contributed by atoms with Crippen LogP contribution < -0.4 is 0 Å². The van der Waals surface area contributed by atoms with Gasteiger partial charge in [-0.15, -0.1) is 0 Å². The molecule has 0 spiro atoms. The zero-order chi connectivity index (χ0) is 11.8. The molecule has 0 radical (unpaired) electrons. The lowest BCUT2D eigenvalue weighted by Crippen LogP contribution is -1.96. The Morgan fingerprint density at radius 2 is 2.06 bits per heavy atom. The Labute approximate surface area is 104 Å². The van der Waals surface area contributed by atoms with Gasteiger partial charge in [0.15, 0.2) is 0 Å². The maximum atomic E-state index is 6.05. The van der Waals surface area contributed by atoms with Crippen LogP contribution in [0.3, 0.4) is 0 Å². The van der Waals surface area contributed by atoms with Gasteiger partial charge in [0.2, 0.25) is 0 Å². The molecule has 2 heterocycles. The molecule has 0 aliphatic carbocycles. The molecule has 3 aromatic rings. The molecule has 0 saturated heterocycles. The minimum atomic E-state index is 0.739. The fourth-order valence-corrected chi connectivity index (χ4v) is 2.17. The van der Waals surface area contributed by atoms with E-state index in [1.807, 2.05) is 30.5 Å². The summed E-state index contributed by atoms with van der Waals surface area (Å²) in [6.07, 6.45) is 3.83. The highest BCUT2D eigenvalue weighted by Gasteiger charge is 2.06. The molecule has 0 fully saturated rings. The van der Waals surface area contributed by atoms with Gasteiger partial charge >= 0.3 is 0 Å². The number of rotatable bonds is 1. The Morgan fingerprint density at radius 3 is 2.94 bits per heavy atom. The zero-order valence-corrected chi connectivity index (χ0v) is 10.1. The van der Waals surface area contributed by atoms with Gasteiger partial charge in [-0.1, -0.05) is 17.7 Å². The highest BCUT2D eigenvalue weighted by atomic mass is 35.5. The lowest BCUT2D eigenvalue weighted by atomic mass is 10.2. The number of hydrogen-bond acceptors (Lipinski definition) is 1. The predicted molar refractivity (Wildman–Crippen MR) is 70.8 cm³/mol. The zero-order valence-electron chi connectivity index (χ0n) is 9.39. The highest BCUT2D eigenvalue weighted by Crippen LogP contribution is 2.23. The first-order valence-electron chi connectivity index (χ1n) is 5.44. The monoisotopic (exact) mass is 242 g/mol. The maximum absolute atomic E-state index is 6.05. The minimum Gasteiger partial charge on any atom is -0.301 e. The van der Waals surface area contributed by atoms with Crippen molar-refractivity contribution in [3.8, 4) is 5.69 Å². The number of hydrogen-bond donors (Lipinski definition) is 0. The molecule has 0 atom stereocenters. The van der Waals surface area contributed by atoms with E-state index < -0.39 is 0 Å². The molecule has 0 bridgehead atoms. The lowest BCUT2D eigenvalue weighted by molar-refractivity contribution is 1.07. The van der Waals surface area contributed by atoms with Crippen molar-refractivity contribution in [2.75, 3.05) is 0 Å². The van der Waals surface area contributed by atoms with E-state index in [1.165, 1.54) is 5.56 Å². The second kappa shape index (κ2) is 3.90. The van der Waals surface area contributed by atoms with Gasteiger partial charge in [-0.25, -0.2) is 4.98 Å². The summed E-state index contributed by atoms with van der Waals surface area (Å²) in [6.45, 7) is 2.07. The molecule has 0 aliphatic heterocycles. The normalized spacial score (nSPS) is 10.9. The third kappa shape index (κ3) is 1.71. The summed E-state index contributed by atoms with van der Waals surface area (Å²) in [4.78, 5) is 4.41. The third-order valence-corrected chi connectivity index (χ3v) is 3.11. The van der Waals surface area contributed by atoms with Gasteiger partial charge in [-0.05, 0) is 42.8 Å². The second-order valence-electron chi connectivity index (χ2n) is 4.03. The van der Waals surface area contributed by atoms with Crippen molar-refractivity contribution >= 4 is 22.6 Å². The summed E-state index contributed by atoms with van der Waals surface area (Å²) in [5.74, 6) is 0. The largest absolute Gasteiger partial charge is 0.301 e. The van der Waals surface area contributed by atoms with Crippen molar-refractivity contribution < 1.29 is 0 Å². The maximum Gasteiger partial charge on any atom is 0.144 e. The van der Waals surface area contributed by atoms with Gasteiger partial charge in [0, 0.05) is 22.8 Å². The number of benzene rings is 1. The Hall–Kier alpha value is -1.80. The standard InChI is InChI=1S/C14H11ClN2/c1-10-4-5-12(15)9-13(10)17-8-6-11-3-2-7-16-14(11)17/h2-9H,1H3. The lowest BCUT2D eigenvalue weighted by Gasteiger charge is -2.08. The van der Waals surface area contributed by atoms with Crippen molar-refractivity contribution in [2.24, 2.45) is 0 Å². The van der Waals surface area contributed by atoms with Crippen LogP contribution in [-0.2, 0) is 0 Å². The number of nitrogens with zero attached hydrogens (tertiary/aromatic N) is 2. The molecule has 84 valence electrons. The Balaban J connectivity index is 2.31. The summed E-state index contributed by atoms with van der Waals surface area (Å²) < 4.78 is 2.07. The first-order valence-corrected chi connectivity index (χ1v) is 5.82. The molecule has 0 N–H and O–H groups in total. The van der Waals surface area contributed by atoms with Crippen LogP contribution in [-0.4, -0.2) is 9.55 Å². The summed E-state index contributed by atoms with van der Waals surface area (Å²) >= 11 is 6.05. The van der Waals surface area contributed by atoms with E-state index in [0.717, 1.165) is 21.7 Å². The smallest absolute Gasteiger partial charge is 0.144 e. The summed E-state index contributed by atoms with van der Waals surface area (Å²) in [6, 6.07) is 11.9. The SMILES string of the molecule is Cc1ccc(Cl)cc1-n1ccc2cccnc21. The number of halogens is 1. The molecular weight excluding hydrogens is 232 g/mol. The molecule has 0 saturated carbocycles. The van der Waals surface area contributed by atoms with Gasteiger partial charge in [0.05, 0.1) is 5.69 Å². The van der Waals surface area contributed by atoms with Crippen molar-refractivity contribution in [1.82, 2.24) is 9.55 Å². The van der Waals surface area contributed by atoms with Crippen LogP contribution in [0.15, 0.2) is 48.8 Å². The van der Waals surface area contributed by atoms with Gasteiger partial charge in [0.1, 0.15) is 5.65 Å². The van der Waals surface area contributed by atoms with E-state index >= 15 is 0 Å². The quantitative estimate of drug-likeness (QED) is 0.631. The van der Waals surface area contributed by atoms with Crippen LogP contribution in [0, 0.1) is 6.92 Å². The van der Waals surface area contributed by atoms with E-state index in [1.54, 1.807) is 6.20 Å². The van der Waals surface area contributed by atoms with E-state index in [0.29, 0.717) is 0 Å². The predicted octanol–water partition coefficient (Wildman–Crippen LogP) is 3.99. The second-order valence-corrected chi connectivity index (χ2v) is 4.47. The molecule has 0 aliphatic rings. The Bertz CT molecular complexity index is 686. The van der Waals surface area contributed by atoms with Crippen LogP contribution in [0.1, 0.15) is 5.56 Å². The van der Waals surface area contributed by atoms with Gasteiger partial charge in [-0.3, -0.25) is 0 Å². The van der Waals surface area contributed by atoms with Crippen LogP contribution in [0.4, 0.5) is 0 Å². The average molecular weight is 243 g/mol. The fourth-order valence-electron chi connectivity index (χ4n) is 2.00. The molecule has 0 unspecified atom stereocenters. The van der Waals surface area contributed by atoms with Crippen LogP contribution in [0.5, 0.6) is 0 Å². The van der Waals surface area contributed by atoms with E-state index in [9.17, 15) is 0 Å². The van der Waals surface area contributed by atoms with Crippen molar-refractivity contribution in [1.29, 1.82) is 0 Å². The Morgan fingerprint density at radius 1 is 1.18 bits per heavy atom. The van der Waals surface area contributed by atoms with E-state index in [2.05, 4.69) is 28.6 Å². The first kappa shape index (κ1) is 10.4. The van der Waals surface area contributed by atoms with Gasteiger partial charge < -0.3 is 4.57 Å². The number of aryl methyl sites for hydroxylation is 1. The number of fused-ring (bicyclic) bond motifs is 1. The molecule has 3 rings (SSSR count). The summed E-state index contributed by atoms with van der Waals surface area (Å²) in [7, 11) is 0. The molecule has 3 heteroatoms. The number of pyridine rings is 1. The minimum absolute atomic E-state index is 0.739. The molecule has 1 aromatic carbocycles. The van der Waals surface area contributed by atoms with Crippen LogP contribution >= 0.6 is 11.6 Å². The number of aromatic nitrogens is 2. The molecule has 17 heavy (non-hydrogen) atoms. The highest BCUT2D eigenvalue weighted by molar-refractivity contribution is 6.30. The van der Waals surface area contributed by atoms with Crippen molar-refractivity contribution in [3.63, 3.8) is 0 Å². The van der Waals surface area contributed by atoms with Crippen molar-refractivity contribution in [2.45, 2.75) is 6.92 Å². The van der Waals surface area contributed by atoms with Gasteiger partial charge in [-0.2, -0.15) is 0 Å². The molecular formula is C14H11ClN2. The van der Waals surface area contributed by atoms with Crippen LogP contribution in [0.25, 0.3) is 16.7 Å². The Kier molecular flexibility index (Phi) is 2.37. The van der Waals surface area contributed by atoms with E-state index in [-0.39, 0.29) is 0 Å². The van der Waals surface area contributed by atoms with Crippen LogP contribution in [0.2, 0.25) is 5.02 Å². The fraction of sp³-hybridized carbons (Fsp3) is 0.0714. The molecule has 2 aromatic heterocycles. The van der Waals surface area contributed by atoms with E-state index in [4.69, 9.17) is 11.6 Å². The first-order chi connectivity index (χ1) is 8.25. The topological polar surface area (TPSA) is 17.8 Å². The summed E-state index contributed by atoms with van der Waals surface area (Å²) in [5, 5.41) is 1.87. The van der Waals surface area contributed by atoms with Gasteiger partial charge in [0.25, 0.3) is 0 Å².